The Hall–Kier alpha value is -0.920. The van der Waals surface area contributed by atoms with Crippen LogP contribution in [0.15, 0.2) is 17.3 Å². The molecule has 0 radical (unpaired) electrons. The Kier molecular flexibility index (Phi) is 5.40. The topological polar surface area (TPSA) is 76.0 Å². The SMILES string of the molecule is CNCCn1cc(S(=O)(=O)NCC2(C)CCCCC2)cn1. The van der Waals surface area contributed by atoms with Crippen LogP contribution in [0.1, 0.15) is 39.0 Å². The molecule has 7 heteroatoms. The van der Waals surface area contributed by atoms with E-state index in [1.807, 2.05) is 7.05 Å². The number of hydrogen-bond donors (Lipinski definition) is 2. The smallest absolute Gasteiger partial charge is 0.243 e. The molecule has 0 amide bonds. The van der Waals surface area contributed by atoms with Crippen molar-refractivity contribution in [2.24, 2.45) is 5.41 Å². The molecule has 1 heterocycles. The van der Waals surface area contributed by atoms with Gasteiger partial charge in [0.25, 0.3) is 0 Å². The van der Waals surface area contributed by atoms with Crippen molar-refractivity contribution < 1.29 is 8.42 Å². The van der Waals surface area contributed by atoms with Gasteiger partial charge >= 0.3 is 0 Å². The average Bonchev–Trinajstić information content (AvgIpc) is 2.94. The van der Waals surface area contributed by atoms with E-state index < -0.39 is 10.0 Å². The van der Waals surface area contributed by atoms with Gasteiger partial charge in [-0.2, -0.15) is 5.10 Å². The monoisotopic (exact) mass is 314 g/mol. The lowest BCUT2D eigenvalue weighted by molar-refractivity contribution is 0.219. The second-order valence-electron chi connectivity index (χ2n) is 6.24. The predicted octanol–water partition coefficient (Wildman–Crippen LogP) is 1.35. The van der Waals surface area contributed by atoms with Gasteiger partial charge in [-0.05, 0) is 25.3 Å². The first-order valence-corrected chi connectivity index (χ1v) is 9.10. The summed E-state index contributed by atoms with van der Waals surface area (Å²) >= 11 is 0. The van der Waals surface area contributed by atoms with Gasteiger partial charge in [-0.15, -0.1) is 0 Å². The van der Waals surface area contributed by atoms with Crippen LogP contribution in [0.3, 0.4) is 0 Å². The summed E-state index contributed by atoms with van der Waals surface area (Å²) in [5.74, 6) is 0. The summed E-state index contributed by atoms with van der Waals surface area (Å²) in [6.45, 7) is 4.10. The largest absolute Gasteiger partial charge is 0.318 e. The number of nitrogens with zero attached hydrogens (tertiary/aromatic N) is 2. The van der Waals surface area contributed by atoms with Crippen molar-refractivity contribution in [3.63, 3.8) is 0 Å². The van der Waals surface area contributed by atoms with E-state index in [9.17, 15) is 8.42 Å². The molecule has 6 nitrogen and oxygen atoms in total. The molecule has 0 bridgehead atoms. The molecule has 0 spiro atoms. The van der Waals surface area contributed by atoms with Gasteiger partial charge in [0.1, 0.15) is 4.90 Å². The molecular weight excluding hydrogens is 288 g/mol. The highest BCUT2D eigenvalue weighted by atomic mass is 32.2. The maximum atomic E-state index is 12.3. The standard InChI is InChI=1S/C14H26N4O2S/c1-14(6-4-3-5-7-14)12-17-21(19,20)13-10-16-18(11-13)9-8-15-2/h10-11,15,17H,3-9,12H2,1-2H3. The Morgan fingerprint density at radius 3 is 2.71 bits per heavy atom. The van der Waals surface area contributed by atoms with Gasteiger partial charge in [-0.25, -0.2) is 13.1 Å². The van der Waals surface area contributed by atoms with E-state index in [1.165, 1.54) is 25.5 Å². The number of likely N-dealkylation sites (N-methyl/N-ethyl adjacent to an activating group) is 1. The van der Waals surface area contributed by atoms with Crippen LogP contribution in [0.25, 0.3) is 0 Å². The second-order valence-corrected chi connectivity index (χ2v) is 8.01. The molecule has 1 saturated carbocycles. The van der Waals surface area contributed by atoms with Crippen LogP contribution >= 0.6 is 0 Å². The van der Waals surface area contributed by atoms with Crippen LogP contribution in [0.2, 0.25) is 0 Å². The van der Waals surface area contributed by atoms with Gasteiger partial charge in [-0.1, -0.05) is 26.2 Å². The molecule has 2 N–H and O–H groups in total. The number of hydrogen-bond acceptors (Lipinski definition) is 4. The van der Waals surface area contributed by atoms with E-state index in [0.29, 0.717) is 13.1 Å². The maximum Gasteiger partial charge on any atom is 0.243 e. The lowest BCUT2D eigenvalue weighted by Gasteiger charge is -2.33. The molecule has 1 aliphatic carbocycles. The fourth-order valence-corrected chi connectivity index (χ4v) is 3.92. The minimum atomic E-state index is -3.46. The van der Waals surface area contributed by atoms with Crippen molar-refractivity contribution in [2.75, 3.05) is 20.1 Å². The molecule has 1 aromatic heterocycles. The van der Waals surface area contributed by atoms with Gasteiger partial charge in [0.05, 0.1) is 12.7 Å². The van der Waals surface area contributed by atoms with Crippen LogP contribution in [-0.2, 0) is 16.6 Å². The first-order chi connectivity index (χ1) is 9.95. The summed E-state index contributed by atoms with van der Waals surface area (Å²) in [5.41, 5.74) is 0.0907. The fourth-order valence-electron chi connectivity index (χ4n) is 2.77. The third-order valence-corrected chi connectivity index (χ3v) is 5.62. The van der Waals surface area contributed by atoms with E-state index in [1.54, 1.807) is 10.9 Å². The van der Waals surface area contributed by atoms with E-state index in [2.05, 4.69) is 22.1 Å². The van der Waals surface area contributed by atoms with Crippen molar-refractivity contribution in [1.29, 1.82) is 0 Å². The van der Waals surface area contributed by atoms with Gasteiger partial charge in [0.2, 0.25) is 10.0 Å². The van der Waals surface area contributed by atoms with E-state index >= 15 is 0 Å². The molecule has 1 aromatic rings. The second kappa shape index (κ2) is 6.89. The zero-order chi connectivity index (χ0) is 15.3. The van der Waals surface area contributed by atoms with Crippen LogP contribution in [0, 0.1) is 5.41 Å². The Balaban J connectivity index is 1.96. The summed E-state index contributed by atoms with van der Waals surface area (Å²) in [6, 6.07) is 0. The molecule has 0 aromatic carbocycles. The highest BCUT2D eigenvalue weighted by Gasteiger charge is 2.29. The van der Waals surface area contributed by atoms with Crippen molar-refractivity contribution in [3.8, 4) is 0 Å². The maximum absolute atomic E-state index is 12.3. The zero-order valence-corrected chi connectivity index (χ0v) is 13.7. The molecule has 0 saturated heterocycles. The molecule has 0 unspecified atom stereocenters. The summed E-state index contributed by atoms with van der Waals surface area (Å²) in [6.07, 6.45) is 8.85. The fraction of sp³-hybridized carbons (Fsp3) is 0.786. The summed E-state index contributed by atoms with van der Waals surface area (Å²) < 4.78 is 29.1. The zero-order valence-electron chi connectivity index (χ0n) is 12.9. The van der Waals surface area contributed by atoms with Crippen molar-refractivity contribution >= 4 is 10.0 Å². The molecule has 21 heavy (non-hydrogen) atoms. The summed E-state index contributed by atoms with van der Waals surface area (Å²) in [4.78, 5) is 0.248. The third-order valence-electron chi connectivity index (χ3n) is 4.26. The highest BCUT2D eigenvalue weighted by Crippen LogP contribution is 2.35. The van der Waals surface area contributed by atoms with Crippen LogP contribution < -0.4 is 10.0 Å². The molecule has 1 fully saturated rings. The van der Waals surface area contributed by atoms with Crippen molar-refractivity contribution in [1.82, 2.24) is 19.8 Å². The average molecular weight is 314 g/mol. The molecule has 0 aliphatic heterocycles. The molecule has 2 rings (SSSR count). The van der Waals surface area contributed by atoms with Crippen LogP contribution in [0.4, 0.5) is 0 Å². The van der Waals surface area contributed by atoms with Crippen LogP contribution in [0.5, 0.6) is 0 Å². The van der Waals surface area contributed by atoms with Crippen molar-refractivity contribution in [3.05, 3.63) is 12.4 Å². The Morgan fingerprint density at radius 2 is 2.05 bits per heavy atom. The lowest BCUT2D eigenvalue weighted by Crippen LogP contribution is -2.36. The number of sulfonamides is 1. The molecule has 0 atom stereocenters. The lowest BCUT2D eigenvalue weighted by atomic mass is 9.76. The van der Waals surface area contributed by atoms with Crippen molar-refractivity contribution in [2.45, 2.75) is 50.5 Å². The highest BCUT2D eigenvalue weighted by molar-refractivity contribution is 7.89. The minimum Gasteiger partial charge on any atom is -0.318 e. The number of aromatic nitrogens is 2. The summed E-state index contributed by atoms with van der Waals surface area (Å²) in [5, 5.41) is 7.10. The Labute approximate surface area is 127 Å². The van der Waals surface area contributed by atoms with Gasteiger partial charge < -0.3 is 5.32 Å². The molecular formula is C14H26N4O2S. The van der Waals surface area contributed by atoms with E-state index in [0.717, 1.165) is 19.4 Å². The van der Waals surface area contributed by atoms with Gasteiger partial charge in [0.15, 0.2) is 0 Å². The summed E-state index contributed by atoms with van der Waals surface area (Å²) in [7, 11) is -1.60. The molecule has 1 aliphatic rings. The van der Waals surface area contributed by atoms with E-state index in [-0.39, 0.29) is 10.3 Å². The van der Waals surface area contributed by atoms with E-state index in [4.69, 9.17) is 0 Å². The van der Waals surface area contributed by atoms with Crippen LogP contribution in [-0.4, -0.2) is 38.3 Å². The minimum absolute atomic E-state index is 0.0907. The number of rotatable bonds is 7. The first kappa shape index (κ1) is 16.5. The third kappa shape index (κ3) is 4.52. The number of nitrogens with one attached hydrogen (secondary N) is 2. The Morgan fingerprint density at radius 1 is 1.33 bits per heavy atom. The normalized spacial score (nSPS) is 18.8. The Bertz CT molecular complexity index is 547. The van der Waals surface area contributed by atoms with Gasteiger partial charge in [-0.3, -0.25) is 4.68 Å². The van der Waals surface area contributed by atoms with Gasteiger partial charge in [0, 0.05) is 19.3 Å². The predicted molar refractivity (Wildman–Crippen MR) is 82.5 cm³/mol. The quantitative estimate of drug-likeness (QED) is 0.796. The molecule has 120 valence electrons. The first-order valence-electron chi connectivity index (χ1n) is 7.62.